The van der Waals surface area contributed by atoms with Crippen molar-refractivity contribution in [3.8, 4) is 0 Å². The third kappa shape index (κ3) is 35.0. The van der Waals surface area contributed by atoms with Crippen LogP contribution in [0.4, 0.5) is 0 Å². The van der Waals surface area contributed by atoms with Crippen molar-refractivity contribution < 1.29 is 75.1 Å². The first-order chi connectivity index (χ1) is 19.1. The summed E-state index contributed by atoms with van der Waals surface area (Å²) in [5, 5.41) is 0. The molecule has 0 aliphatic heterocycles. The molecular formula is C29H59NaO10S. The first-order valence-corrected chi connectivity index (χ1v) is 16.7. The fourth-order valence-corrected chi connectivity index (χ4v) is 4.09. The van der Waals surface area contributed by atoms with Crippen molar-refractivity contribution in [3.63, 3.8) is 0 Å². The van der Waals surface area contributed by atoms with Crippen LogP contribution in [0.3, 0.4) is 0 Å². The molecule has 0 aliphatic carbocycles. The van der Waals surface area contributed by atoms with Crippen LogP contribution in [0.15, 0.2) is 0 Å². The zero-order valence-electron chi connectivity index (χ0n) is 26.9. The molecule has 0 aromatic rings. The van der Waals surface area contributed by atoms with E-state index in [0.717, 1.165) is 13.0 Å². The Kier molecular flexibility index (Phi) is 32.7. The number of ether oxygens (including phenoxy) is 6. The summed E-state index contributed by atoms with van der Waals surface area (Å²) < 4.78 is 68.9. The Hall–Kier alpha value is 0.630. The Labute approximate surface area is 273 Å². The third-order valence-corrected chi connectivity index (χ3v) is 6.63. The zero-order valence-corrected chi connectivity index (χ0v) is 29.8. The molecule has 0 saturated carbocycles. The van der Waals surface area contributed by atoms with Crippen LogP contribution in [0.1, 0.15) is 105 Å². The summed E-state index contributed by atoms with van der Waals surface area (Å²) in [6, 6.07) is 0. The van der Waals surface area contributed by atoms with Crippen molar-refractivity contribution in [2.24, 2.45) is 0 Å². The topological polar surface area (TPSA) is 122 Å². The summed E-state index contributed by atoms with van der Waals surface area (Å²) in [5.74, 6) is 0. The van der Waals surface area contributed by atoms with Crippen LogP contribution in [0.25, 0.3) is 0 Å². The Morgan fingerprint density at radius 3 is 1.41 bits per heavy atom. The Morgan fingerprint density at radius 2 is 0.927 bits per heavy atom. The molecule has 0 radical (unpaired) electrons. The van der Waals surface area contributed by atoms with E-state index in [1.165, 1.54) is 64.2 Å². The first-order valence-electron chi connectivity index (χ1n) is 15.4. The molecule has 4 atom stereocenters. The van der Waals surface area contributed by atoms with E-state index in [-0.39, 0.29) is 73.8 Å². The van der Waals surface area contributed by atoms with Gasteiger partial charge in [-0.3, -0.25) is 4.18 Å². The van der Waals surface area contributed by atoms with E-state index in [2.05, 4.69) is 11.1 Å². The molecule has 0 saturated heterocycles. The van der Waals surface area contributed by atoms with Gasteiger partial charge in [-0.2, -0.15) is 0 Å². The minimum atomic E-state index is -4.68. The smallest absolute Gasteiger partial charge is 0.726 e. The van der Waals surface area contributed by atoms with Crippen LogP contribution >= 0.6 is 0 Å². The second-order valence-electron chi connectivity index (χ2n) is 10.6. The van der Waals surface area contributed by atoms with E-state index in [1.54, 1.807) is 0 Å². The van der Waals surface area contributed by atoms with Gasteiger partial charge in [-0.05, 0) is 34.1 Å². The number of unbranched alkanes of at least 4 members (excludes halogenated alkanes) is 10. The number of hydrogen-bond acceptors (Lipinski definition) is 10. The van der Waals surface area contributed by atoms with Crippen LogP contribution in [-0.4, -0.2) is 96.8 Å². The van der Waals surface area contributed by atoms with Gasteiger partial charge in [0.2, 0.25) is 10.4 Å². The van der Waals surface area contributed by atoms with E-state index in [1.807, 2.05) is 27.7 Å². The molecule has 12 heteroatoms. The second kappa shape index (κ2) is 30.6. The molecule has 41 heavy (non-hydrogen) atoms. The van der Waals surface area contributed by atoms with Crippen molar-refractivity contribution in [2.75, 3.05) is 59.5 Å². The van der Waals surface area contributed by atoms with Gasteiger partial charge in [-0.25, -0.2) is 8.42 Å². The van der Waals surface area contributed by atoms with Crippen LogP contribution in [0.2, 0.25) is 0 Å². The molecule has 0 heterocycles. The Balaban J connectivity index is 0. The molecule has 0 fully saturated rings. The van der Waals surface area contributed by atoms with E-state index in [0.29, 0.717) is 33.0 Å². The maximum atomic E-state index is 10.3. The molecule has 0 rings (SSSR count). The van der Waals surface area contributed by atoms with E-state index in [9.17, 15) is 13.0 Å². The van der Waals surface area contributed by atoms with Gasteiger partial charge in [0.1, 0.15) is 0 Å². The maximum absolute atomic E-state index is 10.3. The van der Waals surface area contributed by atoms with Crippen LogP contribution in [0, 0.1) is 0 Å². The fraction of sp³-hybridized carbons (Fsp3) is 1.00. The van der Waals surface area contributed by atoms with E-state index in [4.69, 9.17) is 28.4 Å². The monoisotopic (exact) mass is 622 g/mol. The quantitative estimate of drug-likeness (QED) is 0.0493. The van der Waals surface area contributed by atoms with Crippen molar-refractivity contribution in [1.82, 2.24) is 0 Å². The zero-order chi connectivity index (χ0) is 29.9. The van der Waals surface area contributed by atoms with Gasteiger partial charge in [-0.1, -0.05) is 71.1 Å². The standard InChI is InChI=1S/C29H60O10S.Na/c1-6-7-8-9-10-11-12-13-14-15-16-17-34-22-26(2)36-24-28(4)38-25-29(5)37-23-27(3)35-20-18-33-19-21-39-40(30,31)32;/h26-29H,6-25H2,1-5H3,(H,30,31,32);/q;+1/p-1. The maximum Gasteiger partial charge on any atom is 1.00 e. The molecule has 4 unspecified atom stereocenters. The fourth-order valence-electron chi connectivity index (χ4n) is 3.81. The van der Waals surface area contributed by atoms with Gasteiger partial charge >= 0.3 is 29.6 Å². The van der Waals surface area contributed by atoms with Gasteiger partial charge in [0.15, 0.2) is 0 Å². The van der Waals surface area contributed by atoms with Crippen molar-refractivity contribution >= 4 is 10.4 Å². The van der Waals surface area contributed by atoms with Gasteiger partial charge in [0, 0.05) is 6.61 Å². The predicted octanol–water partition coefficient (Wildman–Crippen LogP) is 2.43. The van der Waals surface area contributed by atoms with Crippen LogP contribution in [-0.2, 0) is 43.0 Å². The Morgan fingerprint density at radius 1 is 0.512 bits per heavy atom. The second-order valence-corrected chi connectivity index (χ2v) is 11.6. The predicted molar refractivity (Wildman–Crippen MR) is 155 cm³/mol. The molecule has 10 nitrogen and oxygen atoms in total. The molecule has 0 N–H and O–H groups in total. The number of rotatable bonds is 31. The number of hydrogen-bond donors (Lipinski definition) is 0. The minimum Gasteiger partial charge on any atom is -0.726 e. The summed E-state index contributed by atoms with van der Waals surface area (Å²) in [5.41, 5.74) is 0. The summed E-state index contributed by atoms with van der Waals surface area (Å²) >= 11 is 0. The summed E-state index contributed by atoms with van der Waals surface area (Å²) in [4.78, 5) is 0. The van der Waals surface area contributed by atoms with Gasteiger partial charge < -0.3 is 33.0 Å². The molecular weight excluding hydrogens is 563 g/mol. The minimum absolute atomic E-state index is 0. The van der Waals surface area contributed by atoms with E-state index >= 15 is 0 Å². The van der Waals surface area contributed by atoms with Gasteiger partial charge in [0.25, 0.3) is 0 Å². The first kappa shape index (κ1) is 43.8. The molecule has 0 aromatic heterocycles. The normalized spacial score (nSPS) is 14.9. The summed E-state index contributed by atoms with van der Waals surface area (Å²) in [6.45, 7) is 13.1. The molecule has 0 aliphatic rings. The van der Waals surface area contributed by atoms with Gasteiger partial charge in [-0.15, -0.1) is 0 Å². The van der Waals surface area contributed by atoms with Crippen molar-refractivity contribution in [1.29, 1.82) is 0 Å². The molecule has 0 amide bonds. The van der Waals surface area contributed by atoms with E-state index < -0.39 is 10.4 Å². The molecule has 242 valence electrons. The molecule has 0 spiro atoms. The largest absolute Gasteiger partial charge is 1.00 e. The third-order valence-electron chi connectivity index (χ3n) is 6.18. The average Bonchev–Trinajstić information content (AvgIpc) is 2.90. The van der Waals surface area contributed by atoms with Gasteiger partial charge in [0.05, 0.1) is 77.3 Å². The van der Waals surface area contributed by atoms with Crippen molar-refractivity contribution in [2.45, 2.75) is 130 Å². The SMILES string of the molecule is CCCCCCCCCCCCCOCC(C)OCC(C)OCC(C)OCC(C)OCCOCCOS(=O)(=O)[O-].[Na+]. The molecule has 0 bridgehead atoms. The summed E-state index contributed by atoms with van der Waals surface area (Å²) in [7, 11) is -4.68. The Bertz CT molecular complexity index is 641. The van der Waals surface area contributed by atoms with Crippen molar-refractivity contribution in [3.05, 3.63) is 0 Å². The average molecular weight is 623 g/mol. The van der Waals surface area contributed by atoms with Crippen LogP contribution in [0.5, 0.6) is 0 Å². The van der Waals surface area contributed by atoms with Crippen LogP contribution < -0.4 is 29.6 Å². The summed E-state index contributed by atoms with van der Waals surface area (Å²) in [6.07, 6.45) is 14.4. The molecule has 0 aromatic carbocycles.